The Kier molecular flexibility index (Phi) is 6.94. The van der Waals surface area contributed by atoms with Gasteiger partial charge in [0.05, 0.1) is 5.54 Å². The molecule has 0 aromatic carbocycles. The van der Waals surface area contributed by atoms with E-state index in [9.17, 15) is 4.79 Å². The molecule has 1 unspecified atom stereocenters. The molecule has 1 heterocycles. The molecule has 0 bridgehead atoms. The van der Waals surface area contributed by atoms with Crippen LogP contribution >= 0.6 is 12.4 Å². The maximum Gasteiger partial charge on any atom is 0.245 e. The van der Waals surface area contributed by atoms with Gasteiger partial charge in [0.1, 0.15) is 0 Å². The van der Waals surface area contributed by atoms with E-state index in [1.165, 1.54) is 0 Å². The molecule has 1 amide bonds. The number of nitrogens with zero attached hydrogens (tertiary/aromatic N) is 1. The molecule has 0 spiro atoms. The zero-order chi connectivity index (χ0) is 12.9. The maximum atomic E-state index is 11.9. The molecule has 0 aliphatic heterocycles. The lowest BCUT2D eigenvalue weighted by atomic mass is 9.97. The number of carbonyl (C=O) groups excluding carboxylic acids is 1. The Bertz CT molecular complexity index is 376. The first-order valence-corrected chi connectivity index (χ1v) is 6.14. The summed E-state index contributed by atoms with van der Waals surface area (Å²) in [5.41, 5.74) is 6.12. The number of hydrogen-bond donors (Lipinski definition) is 3. The molecule has 1 rings (SSSR count). The minimum absolute atomic E-state index is 0. The molecule has 0 aliphatic carbocycles. The molecule has 0 saturated heterocycles. The van der Waals surface area contributed by atoms with Crippen molar-refractivity contribution in [1.82, 2.24) is 10.2 Å². The highest BCUT2D eigenvalue weighted by molar-refractivity contribution is 5.96. The molecule has 1 aromatic heterocycles. The Morgan fingerprint density at radius 1 is 1.50 bits per heavy atom. The van der Waals surface area contributed by atoms with Gasteiger partial charge >= 0.3 is 0 Å². The maximum absolute atomic E-state index is 11.9. The number of aromatic nitrogens is 2. The van der Waals surface area contributed by atoms with Crippen LogP contribution in [0.3, 0.4) is 0 Å². The number of carbonyl (C=O) groups is 1. The molecule has 0 radical (unpaired) electrons. The van der Waals surface area contributed by atoms with E-state index in [1.807, 2.05) is 13.0 Å². The van der Waals surface area contributed by atoms with Crippen LogP contribution in [0.5, 0.6) is 0 Å². The summed E-state index contributed by atoms with van der Waals surface area (Å²) in [5.74, 6) is 0.361. The van der Waals surface area contributed by atoms with Crippen molar-refractivity contribution in [2.75, 3.05) is 5.32 Å². The van der Waals surface area contributed by atoms with Crippen molar-refractivity contribution < 1.29 is 4.79 Å². The lowest BCUT2D eigenvalue weighted by Gasteiger charge is -2.21. The lowest BCUT2D eigenvalue weighted by Crippen LogP contribution is -2.48. The highest BCUT2D eigenvalue weighted by Crippen LogP contribution is 2.13. The van der Waals surface area contributed by atoms with E-state index >= 15 is 0 Å². The number of hydrogen-bond acceptors (Lipinski definition) is 3. The summed E-state index contributed by atoms with van der Waals surface area (Å²) < 4.78 is 0. The van der Waals surface area contributed by atoms with Crippen LogP contribution in [0.1, 0.15) is 45.7 Å². The monoisotopic (exact) mass is 274 g/mol. The average molecular weight is 275 g/mol. The Labute approximate surface area is 114 Å². The van der Waals surface area contributed by atoms with Gasteiger partial charge in [-0.3, -0.25) is 9.89 Å². The van der Waals surface area contributed by atoms with Crippen molar-refractivity contribution >= 4 is 24.1 Å². The quantitative estimate of drug-likeness (QED) is 0.744. The van der Waals surface area contributed by atoms with Crippen LogP contribution in [0.15, 0.2) is 6.07 Å². The van der Waals surface area contributed by atoms with E-state index in [1.54, 1.807) is 6.92 Å². The Balaban J connectivity index is 0.00000289. The molecule has 0 aliphatic rings. The number of aromatic amines is 1. The minimum atomic E-state index is -0.835. The third-order valence-electron chi connectivity index (χ3n) is 2.68. The zero-order valence-corrected chi connectivity index (χ0v) is 12.1. The van der Waals surface area contributed by atoms with E-state index in [0.717, 1.165) is 25.0 Å². The zero-order valence-electron chi connectivity index (χ0n) is 11.2. The fourth-order valence-corrected chi connectivity index (χ4v) is 1.72. The highest BCUT2D eigenvalue weighted by atomic mass is 35.5. The van der Waals surface area contributed by atoms with Gasteiger partial charge in [-0.05, 0) is 19.8 Å². The smallest absolute Gasteiger partial charge is 0.245 e. The normalized spacial score (nSPS) is 13.6. The summed E-state index contributed by atoms with van der Waals surface area (Å²) in [7, 11) is 0. The Morgan fingerprint density at radius 2 is 2.17 bits per heavy atom. The first-order chi connectivity index (χ1) is 7.99. The van der Waals surface area contributed by atoms with Crippen LogP contribution in [0, 0.1) is 0 Å². The molecule has 1 atom stereocenters. The van der Waals surface area contributed by atoms with Gasteiger partial charge in [-0.15, -0.1) is 12.4 Å². The molecule has 4 N–H and O–H groups in total. The number of nitrogens with two attached hydrogens (primary N) is 1. The van der Waals surface area contributed by atoms with Crippen molar-refractivity contribution in [1.29, 1.82) is 0 Å². The van der Waals surface area contributed by atoms with Crippen molar-refractivity contribution in [2.24, 2.45) is 5.73 Å². The minimum Gasteiger partial charge on any atom is -0.318 e. The molecule has 5 nitrogen and oxygen atoms in total. The Morgan fingerprint density at radius 3 is 2.72 bits per heavy atom. The van der Waals surface area contributed by atoms with Gasteiger partial charge in [-0.1, -0.05) is 26.7 Å². The summed E-state index contributed by atoms with van der Waals surface area (Å²) in [6.45, 7) is 5.84. The fourth-order valence-electron chi connectivity index (χ4n) is 1.72. The molecule has 0 saturated carbocycles. The standard InChI is InChI=1S/C12H22N4O.ClH/c1-4-6-9-8-10(16-15-9)14-11(17)12(3,13)7-5-2;/h8H,4-7,13H2,1-3H3,(H2,14,15,16,17);1H. The van der Waals surface area contributed by atoms with Crippen molar-refractivity contribution in [3.63, 3.8) is 0 Å². The largest absolute Gasteiger partial charge is 0.318 e. The third kappa shape index (κ3) is 4.66. The van der Waals surface area contributed by atoms with Gasteiger partial charge < -0.3 is 11.1 Å². The third-order valence-corrected chi connectivity index (χ3v) is 2.68. The predicted octanol–water partition coefficient (Wildman–Crippen LogP) is 2.24. The van der Waals surface area contributed by atoms with E-state index in [-0.39, 0.29) is 18.3 Å². The van der Waals surface area contributed by atoms with E-state index in [4.69, 9.17) is 5.73 Å². The van der Waals surface area contributed by atoms with Crippen LogP contribution < -0.4 is 11.1 Å². The number of halogens is 1. The van der Waals surface area contributed by atoms with Crippen LogP contribution in [-0.2, 0) is 11.2 Å². The van der Waals surface area contributed by atoms with Crippen molar-refractivity contribution in [3.05, 3.63) is 11.8 Å². The Hall–Kier alpha value is -1.07. The van der Waals surface area contributed by atoms with E-state index in [0.29, 0.717) is 12.2 Å². The molecular formula is C12H23ClN4O. The molecule has 18 heavy (non-hydrogen) atoms. The predicted molar refractivity (Wildman–Crippen MR) is 76.0 cm³/mol. The SMILES string of the molecule is CCCc1cc(NC(=O)C(C)(N)CCC)n[nH]1.Cl. The van der Waals surface area contributed by atoms with Gasteiger partial charge in [0.25, 0.3) is 0 Å². The molecule has 6 heteroatoms. The summed E-state index contributed by atoms with van der Waals surface area (Å²) in [6.07, 6.45) is 3.50. The van der Waals surface area contributed by atoms with Crippen molar-refractivity contribution in [3.8, 4) is 0 Å². The topological polar surface area (TPSA) is 83.8 Å². The number of anilines is 1. The first kappa shape index (κ1) is 16.9. The van der Waals surface area contributed by atoms with E-state index in [2.05, 4.69) is 22.4 Å². The molecule has 1 aromatic rings. The summed E-state index contributed by atoms with van der Waals surface area (Å²) in [6, 6.07) is 1.85. The second-order valence-electron chi connectivity index (χ2n) is 4.65. The number of aryl methyl sites for hydroxylation is 1. The molecule has 104 valence electrons. The van der Waals surface area contributed by atoms with Gasteiger partial charge in [-0.2, -0.15) is 5.10 Å². The van der Waals surface area contributed by atoms with Gasteiger partial charge in [0, 0.05) is 11.8 Å². The summed E-state index contributed by atoms with van der Waals surface area (Å²) >= 11 is 0. The van der Waals surface area contributed by atoms with Crippen LogP contribution in [-0.4, -0.2) is 21.6 Å². The van der Waals surface area contributed by atoms with Gasteiger partial charge in [0.2, 0.25) is 5.91 Å². The number of nitrogens with one attached hydrogen (secondary N) is 2. The van der Waals surface area contributed by atoms with E-state index < -0.39 is 5.54 Å². The molecule has 0 fully saturated rings. The van der Waals surface area contributed by atoms with Crippen LogP contribution in [0.25, 0.3) is 0 Å². The number of amides is 1. The fraction of sp³-hybridized carbons (Fsp3) is 0.667. The lowest BCUT2D eigenvalue weighted by molar-refractivity contribution is -0.120. The van der Waals surface area contributed by atoms with Crippen LogP contribution in [0.2, 0.25) is 0 Å². The average Bonchev–Trinajstić information content (AvgIpc) is 2.66. The number of H-pyrrole nitrogens is 1. The summed E-state index contributed by atoms with van der Waals surface area (Å²) in [4.78, 5) is 11.9. The molecular weight excluding hydrogens is 252 g/mol. The van der Waals surface area contributed by atoms with Gasteiger partial charge in [-0.25, -0.2) is 0 Å². The number of rotatable bonds is 6. The van der Waals surface area contributed by atoms with Gasteiger partial charge in [0.15, 0.2) is 5.82 Å². The second kappa shape index (κ2) is 7.38. The second-order valence-corrected chi connectivity index (χ2v) is 4.65. The highest BCUT2D eigenvalue weighted by Gasteiger charge is 2.27. The summed E-state index contributed by atoms with van der Waals surface area (Å²) in [5, 5.41) is 9.67. The van der Waals surface area contributed by atoms with Crippen molar-refractivity contribution in [2.45, 2.75) is 52.0 Å². The van der Waals surface area contributed by atoms with Crippen LogP contribution in [0.4, 0.5) is 5.82 Å². The first-order valence-electron chi connectivity index (χ1n) is 6.14.